The Morgan fingerprint density at radius 3 is 2.82 bits per heavy atom. The molecule has 0 aliphatic carbocycles. The molecular weight excluding hydrogens is 243 g/mol. The average molecular weight is 253 g/mol. The van der Waals surface area contributed by atoms with Crippen molar-refractivity contribution in [1.29, 1.82) is 0 Å². The second-order valence-corrected chi connectivity index (χ2v) is 3.80. The molecule has 1 aromatic heterocycles. The summed E-state index contributed by atoms with van der Waals surface area (Å²) in [7, 11) is 1.73. The summed E-state index contributed by atoms with van der Waals surface area (Å²) in [5.74, 6) is 0.115. The zero-order valence-electron chi connectivity index (χ0n) is 9.06. The highest BCUT2D eigenvalue weighted by atomic mass is 35.5. The fourth-order valence-electron chi connectivity index (χ4n) is 1.44. The number of aromatic nitrogens is 2. The van der Waals surface area contributed by atoms with Gasteiger partial charge in [-0.3, -0.25) is 0 Å². The molecule has 88 valence electrons. The molecule has 0 spiro atoms. The van der Waals surface area contributed by atoms with Crippen molar-refractivity contribution in [2.24, 2.45) is 0 Å². The van der Waals surface area contributed by atoms with Crippen molar-refractivity contribution in [2.45, 2.75) is 0 Å². The Hall–Kier alpha value is -1.88. The molecule has 2 N–H and O–H groups in total. The van der Waals surface area contributed by atoms with Gasteiger partial charge < -0.3 is 10.6 Å². The third kappa shape index (κ3) is 2.29. The van der Waals surface area contributed by atoms with Gasteiger partial charge in [-0.15, -0.1) is 0 Å². The predicted octanol–water partition coefficient (Wildman–Crippen LogP) is 2.62. The standard InChI is InChI=1S/C11H10ClFN4/c1-17(8-4-2-3-7(13)5-8)11-9(14)10(12)15-6-16-11/h2-6H,14H2,1H3. The van der Waals surface area contributed by atoms with Gasteiger partial charge in [0.2, 0.25) is 0 Å². The monoisotopic (exact) mass is 252 g/mol. The zero-order chi connectivity index (χ0) is 12.4. The quantitative estimate of drug-likeness (QED) is 0.835. The summed E-state index contributed by atoms with van der Waals surface area (Å²) in [4.78, 5) is 9.43. The van der Waals surface area contributed by atoms with Crippen molar-refractivity contribution in [2.75, 3.05) is 17.7 Å². The number of nitrogens with zero attached hydrogens (tertiary/aromatic N) is 3. The maximum atomic E-state index is 13.1. The lowest BCUT2D eigenvalue weighted by Gasteiger charge is -2.19. The van der Waals surface area contributed by atoms with Crippen molar-refractivity contribution >= 4 is 28.8 Å². The van der Waals surface area contributed by atoms with Crippen LogP contribution in [0.1, 0.15) is 0 Å². The molecule has 0 aliphatic heterocycles. The zero-order valence-corrected chi connectivity index (χ0v) is 9.82. The van der Waals surface area contributed by atoms with Crippen LogP contribution in [0, 0.1) is 5.82 Å². The van der Waals surface area contributed by atoms with Crippen molar-refractivity contribution in [1.82, 2.24) is 9.97 Å². The maximum Gasteiger partial charge on any atom is 0.161 e. The number of nitrogen functional groups attached to an aromatic ring is 1. The van der Waals surface area contributed by atoms with Crippen LogP contribution in [0.15, 0.2) is 30.6 Å². The van der Waals surface area contributed by atoms with Crippen LogP contribution in [0.4, 0.5) is 21.6 Å². The molecule has 1 heterocycles. The summed E-state index contributed by atoms with van der Waals surface area (Å²) < 4.78 is 13.1. The fourth-order valence-corrected chi connectivity index (χ4v) is 1.57. The van der Waals surface area contributed by atoms with Crippen molar-refractivity contribution < 1.29 is 4.39 Å². The predicted molar refractivity (Wildman–Crippen MR) is 65.9 cm³/mol. The van der Waals surface area contributed by atoms with Gasteiger partial charge in [0.1, 0.15) is 17.8 Å². The van der Waals surface area contributed by atoms with Gasteiger partial charge in [0.15, 0.2) is 11.0 Å². The molecule has 17 heavy (non-hydrogen) atoms. The highest BCUT2D eigenvalue weighted by molar-refractivity contribution is 6.32. The van der Waals surface area contributed by atoms with E-state index in [2.05, 4.69) is 9.97 Å². The van der Waals surface area contributed by atoms with Gasteiger partial charge in [0.25, 0.3) is 0 Å². The van der Waals surface area contributed by atoms with Gasteiger partial charge in [0.05, 0.1) is 0 Å². The molecule has 6 heteroatoms. The number of halogens is 2. The van der Waals surface area contributed by atoms with E-state index in [0.717, 1.165) is 0 Å². The Morgan fingerprint density at radius 1 is 1.35 bits per heavy atom. The van der Waals surface area contributed by atoms with Gasteiger partial charge in [-0.25, -0.2) is 14.4 Å². The second kappa shape index (κ2) is 4.55. The lowest BCUT2D eigenvalue weighted by molar-refractivity contribution is 0.628. The molecule has 2 rings (SSSR count). The minimum absolute atomic E-state index is 0.179. The van der Waals surface area contributed by atoms with Crippen LogP contribution in [0.3, 0.4) is 0 Å². The number of nitrogens with two attached hydrogens (primary N) is 1. The molecule has 0 atom stereocenters. The first-order chi connectivity index (χ1) is 8.09. The van der Waals surface area contributed by atoms with E-state index in [-0.39, 0.29) is 16.7 Å². The molecule has 0 unspecified atom stereocenters. The summed E-state index contributed by atoms with van der Waals surface area (Å²) in [6.45, 7) is 0. The van der Waals surface area contributed by atoms with Crippen LogP contribution in [0.25, 0.3) is 0 Å². The normalized spacial score (nSPS) is 10.3. The smallest absolute Gasteiger partial charge is 0.161 e. The van der Waals surface area contributed by atoms with E-state index in [0.29, 0.717) is 11.5 Å². The highest BCUT2D eigenvalue weighted by Crippen LogP contribution is 2.30. The molecule has 2 aromatic rings. The minimum atomic E-state index is -0.326. The molecule has 0 aliphatic rings. The van der Waals surface area contributed by atoms with Gasteiger partial charge >= 0.3 is 0 Å². The van der Waals surface area contributed by atoms with E-state index < -0.39 is 0 Å². The van der Waals surface area contributed by atoms with Gasteiger partial charge in [0, 0.05) is 12.7 Å². The number of benzene rings is 1. The number of hydrogen-bond acceptors (Lipinski definition) is 4. The minimum Gasteiger partial charge on any atom is -0.393 e. The van der Waals surface area contributed by atoms with Gasteiger partial charge in [-0.1, -0.05) is 17.7 Å². The Kier molecular flexibility index (Phi) is 3.10. The molecule has 0 radical (unpaired) electrons. The van der Waals surface area contributed by atoms with E-state index in [1.54, 1.807) is 24.1 Å². The van der Waals surface area contributed by atoms with Crippen LogP contribution in [-0.4, -0.2) is 17.0 Å². The fraction of sp³-hybridized carbons (Fsp3) is 0.0909. The van der Waals surface area contributed by atoms with Crippen molar-refractivity contribution in [3.8, 4) is 0 Å². The number of hydrogen-bond donors (Lipinski definition) is 1. The second-order valence-electron chi connectivity index (χ2n) is 3.44. The van der Waals surface area contributed by atoms with E-state index >= 15 is 0 Å². The van der Waals surface area contributed by atoms with Crippen LogP contribution in [-0.2, 0) is 0 Å². The van der Waals surface area contributed by atoms with E-state index in [1.807, 2.05) is 0 Å². The average Bonchev–Trinajstić information content (AvgIpc) is 2.32. The molecule has 4 nitrogen and oxygen atoms in total. The molecule has 0 fully saturated rings. The van der Waals surface area contributed by atoms with E-state index in [4.69, 9.17) is 17.3 Å². The van der Waals surface area contributed by atoms with Gasteiger partial charge in [-0.2, -0.15) is 0 Å². The first-order valence-electron chi connectivity index (χ1n) is 4.85. The third-order valence-electron chi connectivity index (χ3n) is 2.33. The number of anilines is 3. The maximum absolute atomic E-state index is 13.1. The molecule has 1 aromatic carbocycles. The molecule has 0 bridgehead atoms. The van der Waals surface area contributed by atoms with E-state index in [1.165, 1.54) is 18.5 Å². The lowest BCUT2D eigenvalue weighted by Crippen LogP contribution is -2.14. The summed E-state index contributed by atoms with van der Waals surface area (Å²) in [6.07, 6.45) is 1.31. The van der Waals surface area contributed by atoms with Crippen LogP contribution in [0.5, 0.6) is 0 Å². The van der Waals surface area contributed by atoms with Crippen molar-refractivity contribution in [3.05, 3.63) is 41.6 Å². The largest absolute Gasteiger partial charge is 0.393 e. The lowest BCUT2D eigenvalue weighted by atomic mass is 10.3. The summed E-state index contributed by atoms with van der Waals surface area (Å²) >= 11 is 5.80. The Bertz CT molecular complexity index is 547. The van der Waals surface area contributed by atoms with Crippen molar-refractivity contribution in [3.63, 3.8) is 0 Å². The SMILES string of the molecule is CN(c1cccc(F)c1)c1ncnc(Cl)c1N. The Balaban J connectivity index is 2.44. The summed E-state index contributed by atoms with van der Waals surface area (Å²) in [5, 5.41) is 0.179. The molecule has 0 amide bonds. The third-order valence-corrected chi connectivity index (χ3v) is 2.63. The Labute approximate surface area is 103 Å². The van der Waals surface area contributed by atoms with E-state index in [9.17, 15) is 4.39 Å². The van der Waals surface area contributed by atoms with Crippen LogP contribution in [0.2, 0.25) is 5.15 Å². The molecule has 0 saturated heterocycles. The van der Waals surface area contributed by atoms with Crippen LogP contribution >= 0.6 is 11.6 Å². The first kappa shape index (κ1) is 11.6. The molecule has 0 saturated carbocycles. The Morgan fingerprint density at radius 2 is 2.12 bits per heavy atom. The molecular formula is C11H10ClFN4. The summed E-state index contributed by atoms with van der Waals surface area (Å²) in [5.41, 5.74) is 6.66. The summed E-state index contributed by atoms with van der Waals surface area (Å²) in [6, 6.07) is 6.11. The number of rotatable bonds is 2. The topological polar surface area (TPSA) is 55.0 Å². The first-order valence-corrected chi connectivity index (χ1v) is 5.22. The highest BCUT2D eigenvalue weighted by Gasteiger charge is 2.12. The van der Waals surface area contributed by atoms with Gasteiger partial charge in [-0.05, 0) is 18.2 Å². The van der Waals surface area contributed by atoms with Crippen LogP contribution < -0.4 is 10.6 Å².